The van der Waals surface area contributed by atoms with E-state index in [1.54, 1.807) is 0 Å². The van der Waals surface area contributed by atoms with Gasteiger partial charge in [-0.05, 0) is 6.92 Å². The Balaban J connectivity index is 0.00000129. The topological polar surface area (TPSA) is 227 Å². The summed E-state index contributed by atoms with van der Waals surface area (Å²) in [7, 11) is 0. The first-order valence-electron chi connectivity index (χ1n) is 6.98. The zero-order valence-corrected chi connectivity index (χ0v) is 13.7. The molecule has 1 aromatic rings. The second-order valence-electron chi connectivity index (χ2n) is 4.83. The second-order valence-corrected chi connectivity index (χ2v) is 4.83. The number of carbonyl (C=O) groups excluding carboxylic acids is 2. The van der Waals surface area contributed by atoms with Crippen molar-refractivity contribution in [1.82, 2.24) is 20.8 Å². The van der Waals surface area contributed by atoms with Crippen molar-refractivity contribution in [2.24, 2.45) is 11.5 Å². The molecule has 2 unspecified atom stereocenters. The summed E-state index contributed by atoms with van der Waals surface area (Å²) in [5, 5.41) is 34.7. The molecule has 25 heavy (non-hydrogen) atoms. The minimum atomic E-state index is -1.44. The lowest BCUT2D eigenvalue weighted by Crippen LogP contribution is -2.51. The van der Waals surface area contributed by atoms with Gasteiger partial charge in [0.1, 0.15) is 6.04 Å². The van der Waals surface area contributed by atoms with Crippen LogP contribution in [0.5, 0.6) is 0 Å². The summed E-state index contributed by atoms with van der Waals surface area (Å²) in [5.41, 5.74) is 9.93. The van der Waals surface area contributed by atoms with Crippen LogP contribution in [0.4, 0.5) is 4.79 Å². The molecule has 0 saturated carbocycles. The van der Waals surface area contributed by atoms with Crippen LogP contribution in [0.15, 0.2) is 4.52 Å². The van der Waals surface area contributed by atoms with Crippen molar-refractivity contribution < 1.29 is 34.2 Å². The summed E-state index contributed by atoms with van der Waals surface area (Å²) in [5.74, 6) is -1.58. The molecule has 0 bridgehead atoms. The Bertz CT molecular complexity index is 572. The zero-order chi connectivity index (χ0) is 19.6. The number of carbonyl (C=O) groups is 3. The number of carboxylic acid groups (broad SMARTS) is 1. The normalized spacial score (nSPS) is 13.6. The lowest BCUT2D eigenvalue weighted by molar-refractivity contribution is -0.141. The molecule has 3 atom stereocenters. The van der Waals surface area contributed by atoms with E-state index in [0.29, 0.717) is 0 Å². The molecule has 9 N–H and O–H groups in total. The number of aromatic nitrogens is 2. The summed E-state index contributed by atoms with van der Waals surface area (Å²) in [6.07, 6.45) is -1.26. The van der Waals surface area contributed by atoms with E-state index in [1.165, 1.54) is 13.8 Å². The quantitative estimate of drug-likeness (QED) is 0.263. The van der Waals surface area contributed by atoms with Crippen LogP contribution in [0.25, 0.3) is 0 Å². The lowest BCUT2D eigenvalue weighted by atomic mass is 10.2. The number of aliphatic hydroxyl groups excluding tert-OH is 2. The molecule has 0 spiro atoms. The molecule has 1 rings (SSSR count). The van der Waals surface area contributed by atoms with Gasteiger partial charge in [0, 0.05) is 6.92 Å². The van der Waals surface area contributed by atoms with E-state index in [-0.39, 0.29) is 30.8 Å². The predicted molar refractivity (Wildman–Crippen MR) is 81.7 cm³/mol. The SMILES string of the molecule is CC(N)=O.CC(O)C(NC(=O)NCc1noc([C@@H](N)CO)n1)C(=O)O. The molecular formula is C12H22N6O7. The fourth-order valence-corrected chi connectivity index (χ4v) is 1.31. The van der Waals surface area contributed by atoms with Gasteiger partial charge in [0.25, 0.3) is 0 Å². The van der Waals surface area contributed by atoms with Crippen molar-refractivity contribution in [3.05, 3.63) is 11.7 Å². The van der Waals surface area contributed by atoms with Crippen LogP contribution in [-0.4, -0.2) is 62.1 Å². The van der Waals surface area contributed by atoms with Crippen LogP contribution in [-0.2, 0) is 16.1 Å². The molecule has 3 amide bonds. The average molecular weight is 362 g/mol. The number of nitrogens with one attached hydrogen (secondary N) is 2. The van der Waals surface area contributed by atoms with Gasteiger partial charge >= 0.3 is 12.0 Å². The van der Waals surface area contributed by atoms with Crippen molar-refractivity contribution in [2.45, 2.75) is 38.6 Å². The Kier molecular flexibility index (Phi) is 9.69. The van der Waals surface area contributed by atoms with Gasteiger partial charge in [0.2, 0.25) is 11.8 Å². The van der Waals surface area contributed by atoms with Crippen LogP contribution in [0.2, 0.25) is 0 Å². The van der Waals surface area contributed by atoms with Crippen LogP contribution >= 0.6 is 0 Å². The highest BCUT2D eigenvalue weighted by molar-refractivity contribution is 5.82. The first kappa shape index (κ1) is 22.2. The Morgan fingerprint density at radius 3 is 2.36 bits per heavy atom. The number of primary amides is 1. The number of amides is 3. The summed E-state index contributed by atoms with van der Waals surface area (Å²) >= 11 is 0. The van der Waals surface area contributed by atoms with Gasteiger partial charge in [0.15, 0.2) is 11.9 Å². The highest BCUT2D eigenvalue weighted by Gasteiger charge is 2.25. The van der Waals surface area contributed by atoms with Crippen molar-refractivity contribution in [1.29, 1.82) is 0 Å². The van der Waals surface area contributed by atoms with Crippen molar-refractivity contribution >= 4 is 17.9 Å². The number of rotatable bonds is 7. The third kappa shape index (κ3) is 9.19. The number of hydrogen-bond donors (Lipinski definition) is 7. The van der Waals surface area contributed by atoms with E-state index in [4.69, 9.17) is 20.5 Å². The number of aliphatic carboxylic acids is 1. The summed E-state index contributed by atoms with van der Waals surface area (Å²) in [6.45, 7) is 2.03. The first-order chi connectivity index (χ1) is 11.6. The van der Waals surface area contributed by atoms with Crippen LogP contribution in [0, 0.1) is 0 Å². The van der Waals surface area contributed by atoms with E-state index in [2.05, 4.69) is 26.5 Å². The zero-order valence-electron chi connectivity index (χ0n) is 13.7. The summed E-state index contributed by atoms with van der Waals surface area (Å²) < 4.78 is 4.76. The van der Waals surface area contributed by atoms with Crippen LogP contribution in [0.1, 0.15) is 31.6 Å². The van der Waals surface area contributed by atoms with Gasteiger partial charge in [-0.15, -0.1) is 0 Å². The maximum absolute atomic E-state index is 11.5. The van der Waals surface area contributed by atoms with Crippen molar-refractivity contribution in [3.63, 3.8) is 0 Å². The third-order valence-corrected chi connectivity index (χ3v) is 2.44. The number of nitrogens with zero attached hydrogens (tertiary/aromatic N) is 2. The summed E-state index contributed by atoms with van der Waals surface area (Å²) in [6, 6.07) is -3.07. The molecule has 0 fully saturated rings. The molecule has 1 aromatic heterocycles. The summed E-state index contributed by atoms with van der Waals surface area (Å²) in [4.78, 5) is 35.3. The van der Waals surface area contributed by atoms with Crippen LogP contribution < -0.4 is 22.1 Å². The number of carboxylic acids is 1. The highest BCUT2D eigenvalue weighted by Crippen LogP contribution is 2.05. The Morgan fingerprint density at radius 2 is 1.92 bits per heavy atom. The average Bonchev–Trinajstić information content (AvgIpc) is 2.97. The second kappa shape index (κ2) is 10.9. The highest BCUT2D eigenvalue weighted by atomic mass is 16.5. The molecule has 1 heterocycles. The van der Waals surface area contributed by atoms with Crippen molar-refractivity contribution in [3.8, 4) is 0 Å². The van der Waals surface area contributed by atoms with Gasteiger partial charge in [-0.1, -0.05) is 5.16 Å². The maximum Gasteiger partial charge on any atom is 0.328 e. The monoisotopic (exact) mass is 362 g/mol. The van der Waals surface area contributed by atoms with Gasteiger partial charge in [-0.25, -0.2) is 9.59 Å². The molecule has 0 aliphatic heterocycles. The smallest absolute Gasteiger partial charge is 0.328 e. The van der Waals surface area contributed by atoms with Gasteiger partial charge in [-0.3, -0.25) is 4.79 Å². The number of nitrogens with two attached hydrogens (primary N) is 2. The van der Waals surface area contributed by atoms with E-state index >= 15 is 0 Å². The predicted octanol–water partition coefficient (Wildman–Crippen LogP) is -2.81. The van der Waals surface area contributed by atoms with Crippen molar-refractivity contribution in [2.75, 3.05) is 6.61 Å². The van der Waals surface area contributed by atoms with Gasteiger partial charge < -0.3 is 41.9 Å². The third-order valence-electron chi connectivity index (χ3n) is 2.44. The molecule has 0 aromatic carbocycles. The number of urea groups is 1. The molecule has 0 radical (unpaired) electrons. The number of hydrogen-bond acceptors (Lipinski definition) is 9. The Labute approximate surface area is 142 Å². The van der Waals surface area contributed by atoms with Crippen LogP contribution in [0.3, 0.4) is 0 Å². The maximum atomic E-state index is 11.5. The fourth-order valence-electron chi connectivity index (χ4n) is 1.31. The Hall–Kier alpha value is -2.77. The molecule has 142 valence electrons. The fraction of sp³-hybridized carbons (Fsp3) is 0.583. The van der Waals surface area contributed by atoms with E-state index < -0.39 is 30.2 Å². The first-order valence-corrected chi connectivity index (χ1v) is 6.98. The minimum Gasteiger partial charge on any atom is -0.480 e. The van der Waals surface area contributed by atoms with E-state index in [0.717, 1.165) is 0 Å². The molecular weight excluding hydrogens is 340 g/mol. The number of aliphatic hydroxyl groups is 2. The van der Waals surface area contributed by atoms with E-state index in [1.807, 2.05) is 0 Å². The molecule has 13 nitrogen and oxygen atoms in total. The standard InChI is InChI=1S/C10H17N5O6.C2H5NO/c1-4(17)7(9(18)19)14-10(20)12-2-6-13-8(21-15-6)5(11)3-16;1-2(3)4/h4-5,7,16-17H,2-3,11H2,1H3,(H,18,19)(H2,12,14,20);1H3,(H2,3,4)/t4?,5-,7?;/m0./s1. The molecule has 0 aliphatic rings. The molecule has 0 aliphatic carbocycles. The molecule has 0 saturated heterocycles. The minimum absolute atomic E-state index is 0.0158. The molecule has 13 heteroatoms. The van der Waals surface area contributed by atoms with Gasteiger partial charge in [-0.2, -0.15) is 4.98 Å². The van der Waals surface area contributed by atoms with Gasteiger partial charge in [0.05, 0.1) is 19.3 Å². The van der Waals surface area contributed by atoms with E-state index in [9.17, 15) is 19.5 Å². The Morgan fingerprint density at radius 1 is 1.36 bits per heavy atom. The lowest BCUT2D eigenvalue weighted by Gasteiger charge is -2.16. The largest absolute Gasteiger partial charge is 0.480 e.